The highest BCUT2D eigenvalue weighted by Gasteiger charge is 2.41. The summed E-state index contributed by atoms with van der Waals surface area (Å²) in [6, 6.07) is 17.2. The quantitative estimate of drug-likeness (QED) is 0.456. The molecule has 0 aliphatic carbocycles. The zero-order valence-electron chi connectivity index (χ0n) is 21.4. The lowest BCUT2D eigenvalue weighted by atomic mass is 10.0. The van der Waals surface area contributed by atoms with E-state index in [2.05, 4.69) is 5.32 Å². The number of hydrogen-bond acceptors (Lipinski definition) is 5. The number of carbonyl (C=O) groups excluding carboxylic acids is 3. The molecule has 0 radical (unpaired) electrons. The van der Waals surface area contributed by atoms with Gasteiger partial charge in [-0.15, -0.1) is 11.3 Å². The summed E-state index contributed by atoms with van der Waals surface area (Å²) in [5.41, 5.74) is 2.98. The van der Waals surface area contributed by atoms with Crippen LogP contribution in [0.4, 0.5) is 0 Å². The highest BCUT2D eigenvalue weighted by molar-refractivity contribution is 7.10. The highest BCUT2D eigenvalue weighted by Crippen LogP contribution is 2.24. The minimum absolute atomic E-state index is 0.116. The predicted octanol–water partition coefficient (Wildman–Crippen LogP) is 3.94. The van der Waals surface area contributed by atoms with E-state index in [-0.39, 0.29) is 24.7 Å². The fourth-order valence-corrected chi connectivity index (χ4v) is 5.36. The average Bonchev–Trinajstić information content (AvgIpc) is 3.40. The molecular weight excluding hydrogens is 502 g/mol. The van der Waals surface area contributed by atoms with Gasteiger partial charge in [0.15, 0.2) is 6.17 Å². The van der Waals surface area contributed by atoms with Crippen LogP contribution in [0.5, 0.6) is 0 Å². The van der Waals surface area contributed by atoms with Crippen molar-refractivity contribution < 1.29 is 24.3 Å². The van der Waals surface area contributed by atoms with Gasteiger partial charge in [-0.25, -0.2) is 0 Å². The van der Waals surface area contributed by atoms with Gasteiger partial charge in [0, 0.05) is 23.5 Å². The molecule has 2 unspecified atom stereocenters. The van der Waals surface area contributed by atoms with Crippen LogP contribution in [-0.2, 0) is 20.8 Å². The number of thiophene rings is 1. The Kier molecular flexibility index (Phi) is 8.58. The van der Waals surface area contributed by atoms with Gasteiger partial charge in [-0.3, -0.25) is 19.2 Å². The van der Waals surface area contributed by atoms with Gasteiger partial charge in [0.25, 0.3) is 11.8 Å². The van der Waals surface area contributed by atoms with E-state index < -0.39 is 24.1 Å². The number of carboxylic acid groups (broad SMARTS) is 1. The van der Waals surface area contributed by atoms with Crippen molar-refractivity contribution in [3.05, 3.63) is 93.2 Å². The largest absolute Gasteiger partial charge is 0.481 e. The molecule has 38 heavy (non-hydrogen) atoms. The second-order valence-corrected chi connectivity index (χ2v) is 10.5. The van der Waals surface area contributed by atoms with Gasteiger partial charge in [-0.1, -0.05) is 53.6 Å². The lowest BCUT2D eigenvalue weighted by molar-refractivity contribution is -0.149. The molecule has 0 bridgehead atoms. The fraction of sp³-hybridized carbons (Fsp3) is 0.310. The summed E-state index contributed by atoms with van der Waals surface area (Å²) < 4.78 is 0. The number of carboxylic acids is 1. The number of aryl methyl sites for hydroxylation is 2. The summed E-state index contributed by atoms with van der Waals surface area (Å²) >= 11 is 1.45. The molecule has 8 nitrogen and oxygen atoms in total. The zero-order chi connectivity index (χ0) is 27.2. The molecule has 198 valence electrons. The number of hydrogen-bond donors (Lipinski definition) is 2. The molecule has 1 aromatic heterocycles. The van der Waals surface area contributed by atoms with Gasteiger partial charge in [0.1, 0.15) is 0 Å². The second-order valence-electron chi connectivity index (χ2n) is 9.51. The highest BCUT2D eigenvalue weighted by atomic mass is 32.1. The molecule has 1 fully saturated rings. The molecule has 3 aromatic rings. The van der Waals surface area contributed by atoms with Gasteiger partial charge in [0.2, 0.25) is 5.91 Å². The number of nitrogens with zero attached hydrogens (tertiary/aromatic N) is 2. The average molecular weight is 534 g/mol. The van der Waals surface area contributed by atoms with Crippen LogP contribution < -0.4 is 5.32 Å². The maximum Gasteiger partial charge on any atom is 0.305 e. The van der Waals surface area contributed by atoms with Crippen molar-refractivity contribution in [3.8, 4) is 0 Å². The van der Waals surface area contributed by atoms with Crippen molar-refractivity contribution in [2.45, 2.75) is 45.3 Å². The minimum atomic E-state index is -1.20. The number of amides is 3. The van der Waals surface area contributed by atoms with E-state index in [1.54, 1.807) is 24.3 Å². The van der Waals surface area contributed by atoms with Crippen LogP contribution >= 0.6 is 11.3 Å². The molecular formula is C29H31N3O5S. The molecule has 1 aliphatic rings. The summed E-state index contributed by atoms with van der Waals surface area (Å²) in [6.07, 6.45) is -0.902. The number of carbonyl (C=O) groups is 4. The van der Waals surface area contributed by atoms with E-state index in [1.807, 2.05) is 55.6 Å². The molecule has 4 rings (SSSR count). The van der Waals surface area contributed by atoms with Crippen LogP contribution in [0.3, 0.4) is 0 Å². The lowest BCUT2D eigenvalue weighted by Crippen LogP contribution is -2.64. The van der Waals surface area contributed by atoms with Gasteiger partial charge in [-0.05, 0) is 49.4 Å². The predicted molar refractivity (Wildman–Crippen MR) is 145 cm³/mol. The molecule has 2 heterocycles. The Morgan fingerprint density at radius 1 is 0.974 bits per heavy atom. The Bertz CT molecular complexity index is 1310. The van der Waals surface area contributed by atoms with Crippen LogP contribution in [0.2, 0.25) is 0 Å². The van der Waals surface area contributed by atoms with E-state index >= 15 is 0 Å². The molecule has 1 saturated heterocycles. The standard InChI is InChI=1S/C29H31N3O5S/c1-19-9-11-21(12-10-19)29(37)32-14-5-13-31(25(33)17-23-8-4-15-38-23)28(32)27(36)30-24(18-26(34)35)22-7-3-6-20(2)16-22/h3-4,6-12,15-16,24,28H,5,13-14,17-18H2,1-2H3,(H,30,36)(H,34,35). The smallest absolute Gasteiger partial charge is 0.305 e. The third kappa shape index (κ3) is 6.47. The molecule has 9 heteroatoms. The van der Waals surface area contributed by atoms with Crippen LogP contribution in [-0.4, -0.2) is 57.9 Å². The minimum Gasteiger partial charge on any atom is -0.481 e. The maximum absolute atomic E-state index is 13.9. The summed E-state index contributed by atoms with van der Waals surface area (Å²) in [6.45, 7) is 4.41. The first kappa shape index (κ1) is 27.1. The first-order valence-electron chi connectivity index (χ1n) is 12.5. The molecule has 3 amide bonds. The topological polar surface area (TPSA) is 107 Å². The van der Waals surface area contributed by atoms with Crippen molar-refractivity contribution in [1.29, 1.82) is 0 Å². The second kappa shape index (κ2) is 12.0. The molecule has 0 spiro atoms. The lowest BCUT2D eigenvalue weighted by Gasteiger charge is -2.43. The Morgan fingerprint density at radius 3 is 2.37 bits per heavy atom. The molecule has 1 aliphatic heterocycles. The van der Waals surface area contributed by atoms with Crippen LogP contribution in [0.1, 0.15) is 50.8 Å². The summed E-state index contributed by atoms with van der Waals surface area (Å²) in [5, 5.41) is 14.3. The molecule has 2 aromatic carbocycles. The number of nitrogens with one attached hydrogen (secondary N) is 1. The first-order chi connectivity index (χ1) is 18.2. The third-order valence-electron chi connectivity index (χ3n) is 6.55. The van der Waals surface area contributed by atoms with Gasteiger partial charge in [-0.2, -0.15) is 0 Å². The summed E-state index contributed by atoms with van der Waals surface area (Å²) in [5.74, 6) is -2.28. The molecule has 2 atom stereocenters. The SMILES string of the molecule is Cc1ccc(C(=O)N2CCCN(C(=O)Cc3cccs3)C2C(=O)NC(CC(=O)O)c2cccc(C)c2)cc1. The first-order valence-corrected chi connectivity index (χ1v) is 13.4. The van der Waals surface area contributed by atoms with Crippen LogP contribution in [0.25, 0.3) is 0 Å². The Hall–Kier alpha value is -3.98. The van der Waals surface area contributed by atoms with Crippen LogP contribution in [0.15, 0.2) is 66.0 Å². The van der Waals surface area contributed by atoms with Crippen molar-refractivity contribution in [2.24, 2.45) is 0 Å². The maximum atomic E-state index is 13.9. The van der Waals surface area contributed by atoms with Gasteiger partial charge in [0.05, 0.1) is 18.9 Å². The van der Waals surface area contributed by atoms with Crippen LogP contribution in [0, 0.1) is 13.8 Å². The van der Waals surface area contributed by atoms with E-state index in [4.69, 9.17) is 0 Å². The fourth-order valence-electron chi connectivity index (χ4n) is 4.67. The van der Waals surface area contributed by atoms with Gasteiger partial charge >= 0.3 is 5.97 Å². The Balaban J connectivity index is 1.67. The van der Waals surface area contributed by atoms with E-state index in [0.717, 1.165) is 16.0 Å². The molecule has 0 saturated carbocycles. The number of rotatable bonds is 8. The van der Waals surface area contributed by atoms with Crippen molar-refractivity contribution in [3.63, 3.8) is 0 Å². The molecule has 2 N–H and O–H groups in total. The number of benzene rings is 2. The van der Waals surface area contributed by atoms with E-state index in [0.29, 0.717) is 30.6 Å². The van der Waals surface area contributed by atoms with E-state index in [9.17, 15) is 24.3 Å². The Labute approximate surface area is 225 Å². The van der Waals surface area contributed by atoms with Crippen molar-refractivity contribution in [1.82, 2.24) is 15.1 Å². The third-order valence-corrected chi connectivity index (χ3v) is 7.42. The zero-order valence-corrected chi connectivity index (χ0v) is 22.2. The van der Waals surface area contributed by atoms with Gasteiger partial charge < -0.3 is 20.2 Å². The normalized spacial score (nSPS) is 16.1. The van der Waals surface area contributed by atoms with Crippen molar-refractivity contribution >= 4 is 35.0 Å². The monoisotopic (exact) mass is 533 g/mol. The summed E-state index contributed by atoms with van der Waals surface area (Å²) in [7, 11) is 0. The summed E-state index contributed by atoms with van der Waals surface area (Å²) in [4.78, 5) is 56.3. The van der Waals surface area contributed by atoms with Crippen molar-refractivity contribution in [2.75, 3.05) is 13.1 Å². The Morgan fingerprint density at radius 2 is 1.71 bits per heavy atom. The number of aliphatic carboxylic acids is 1. The van der Waals surface area contributed by atoms with E-state index in [1.165, 1.54) is 21.1 Å².